The van der Waals surface area contributed by atoms with Crippen LogP contribution in [0.5, 0.6) is 5.75 Å². The van der Waals surface area contributed by atoms with Gasteiger partial charge in [-0.05, 0) is 40.4 Å². The largest absolute Gasteiger partial charge is 0.507 e. The van der Waals surface area contributed by atoms with E-state index in [9.17, 15) is 9.90 Å². The summed E-state index contributed by atoms with van der Waals surface area (Å²) in [6.07, 6.45) is 13.8. The fourth-order valence-corrected chi connectivity index (χ4v) is 4.08. The maximum atomic E-state index is 12.2. The number of carbonyl (C=O) groups is 1. The maximum Gasteiger partial charge on any atom is 0.306 e. The highest BCUT2D eigenvalue weighted by atomic mass is 16.5. The van der Waals surface area contributed by atoms with E-state index in [1.165, 1.54) is 51.4 Å². The molecule has 0 atom stereocenters. The maximum absolute atomic E-state index is 12.2. The highest BCUT2D eigenvalue weighted by Crippen LogP contribution is 2.40. The molecule has 0 fully saturated rings. The van der Waals surface area contributed by atoms with E-state index in [-0.39, 0.29) is 16.8 Å². The van der Waals surface area contributed by atoms with Crippen molar-refractivity contribution >= 4 is 5.97 Å². The van der Waals surface area contributed by atoms with Crippen molar-refractivity contribution < 1.29 is 14.6 Å². The average molecular weight is 447 g/mol. The molecule has 0 aliphatic rings. The molecule has 1 aromatic carbocycles. The summed E-state index contributed by atoms with van der Waals surface area (Å²) in [4.78, 5) is 12.2. The Kier molecular flexibility index (Phi) is 12.4. The lowest BCUT2D eigenvalue weighted by Gasteiger charge is -2.28. The predicted molar refractivity (Wildman–Crippen MR) is 137 cm³/mol. The number of esters is 1. The molecule has 184 valence electrons. The van der Waals surface area contributed by atoms with Crippen molar-refractivity contribution in [1.82, 2.24) is 0 Å². The van der Waals surface area contributed by atoms with Crippen LogP contribution in [0.15, 0.2) is 12.1 Å². The van der Waals surface area contributed by atoms with Gasteiger partial charge in [-0.3, -0.25) is 4.79 Å². The van der Waals surface area contributed by atoms with Gasteiger partial charge < -0.3 is 9.84 Å². The minimum atomic E-state index is -0.157. The molecule has 0 radical (unpaired) electrons. The number of aromatic hydroxyl groups is 1. The smallest absolute Gasteiger partial charge is 0.306 e. The first-order valence-corrected chi connectivity index (χ1v) is 13.0. The molecule has 0 aliphatic carbocycles. The Morgan fingerprint density at radius 3 is 1.66 bits per heavy atom. The number of phenols is 1. The van der Waals surface area contributed by atoms with Crippen LogP contribution in [-0.4, -0.2) is 17.7 Å². The van der Waals surface area contributed by atoms with Gasteiger partial charge >= 0.3 is 5.97 Å². The molecule has 0 saturated carbocycles. The summed E-state index contributed by atoms with van der Waals surface area (Å²) in [6, 6.07) is 4.11. The minimum Gasteiger partial charge on any atom is -0.507 e. The lowest BCUT2D eigenvalue weighted by Crippen LogP contribution is -2.18. The van der Waals surface area contributed by atoms with Gasteiger partial charge in [-0.15, -0.1) is 0 Å². The fraction of sp³-hybridized carbons (Fsp3) is 0.759. The molecule has 3 nitrogen and oxygen atoms in total. The molecule has 0 bridgehead atoms. The van der Waals surface area contributed by atoms with Crippen LogP contribution in [0.4, 0.5) is 0 Å². The van der Waals surface area contributed by atoms with Gasteiger partial charge in [0.05, 0.1) is 6.61 Å². The van der Waals surface area contributed by atoms with Crippen LogP contribution in [0.2, 0.25) is 0 Å². The van der Waals surface area contributed by atoms with Crippen LogP contribution in [0, 0.1) is 0 Å². The third-order valence-corrected chi connectivity index (χ3v) is 6.16. The van der Waals surface area contributed by atoms with Crippen molar-refractivity contribution in [2.75, 3.05) is 6.61 Å². The standard InChI is InChI=1S/C29H50O3/c1-8-9-10-11-12-13-14-15-16-17-20-32-26(30)19-18-23-21-24(28(2,3)4)27(31)25(22-23)29(5,6)7/h21-22,31H,8-20H2,1-7H3. The fourth-order valence-electron chi connectivity index (χ4n) is 4.08. The van der Waals surface area contributed by atoms with Crippen LogP contribution in [-0.2, 0) is 26.8 Å². The van der Waals surface area contributed by atoms with Gasteiger partial charge in [0.2, 0.25) is 0 Å². The number of hydrogen-bond acceptors (Lipinski definition) is 3. The molecule has 0 spiro atoms. The molecule has 3 heteroatoms. The molecular weight excluding hydrogens is 396 g/mol. The van der Waals surface area contributed by atoms with Crippen LogP contribution in [0.1, 0.15) is 136 Å². The molecule has 1 rings (SSSR count). The summed E-state index contributed by atoms with van der Waals surface area (Å²) in [6.45, 7) is 15.4. The van der Waals surface area contributed by atoms with E-state index in [1.807, 2.05) is 0 Å². The summed E-state index contributed by atoms with van der Waals surface area (Å²) in [5.41, 5.74) is 2.66. The molecule has 0 amide bonds. The zero-order valence-corrected chi connectivity index (χ0v) is 22.1. The quantitative estimate of drug-likeness (QED) is 0.230. The third-order valence-electron chi connectivity index (χ3n) is 6.16. The van der Waals surface area contributed by atoms with E-state index in [4.69, 9.17) is 4.74 Å². The van der Waals surface area contributed by atoms with Gasteiger partial charge in [-0.2, -0.15) is 0 Å². The Balaban J connectivity index is 2.39. The number of aryl methyl sites for hydroxylation is 1. The summed E-state index contributed by atoms with van der Waals surface area (Å²) < 4.78 is 5.47. The molecule has 0 heterocycles. The summed E-state index contributed by atoms with van der Waals surface area (Å²) in [5, 5.41) is 10.8. The lowest BCUT2D eigenvalue weighted by molar-refractivity contribution is -0.143. The van der Waals surface area contributed by atoms with Crippen molar-refractivity contribution in [1.29, 1.82) is 0 Å². The van der Waals surface area contributed by atoms with Crippen LogP contribution < -0.4 is 0 Å². The molecular formula is C29H50O3. The molecule has 1 N–H and O–H groups in total. The predicted octanol–water partition coefficient (Wildman–Crippen LogP) is 8.38. The number of hydrogen-bond donors (Lipinski definition) is 1. The number of benzene rings is 1. The zero-order chi connectivity index (χ0) is 24.2. The SMILES string of the molecule is CCCCCCCCCCCCOC(=O)CCc1cc(C(C)(C)C)c(O)c(C(C)(C)C)c1. The molecule has 0 aromatic heterocycles. The van der Waals surface area contributed by atoms with E-state index >= 15 is 0 Å². The molecule has 1 aromatic rings. The van der Waals surface area contributed by atoms with Crippen molar-refractivity contribution in [3.05, 3.63) is 28.8 Å². The first kappa shape index (κ1) is 28.5. The number of carbonyl (C=O) groups excluding carboxylic acids is 1. The van der Waals surface area contributed by atoms with E-state index in [0.29, 0.717) is 25.2 Å². The number of ether oxygens (including phenoxy) is 1. The third kappa shape index (κ3) is 10.9. The topological polar surface area (TPSA) is 46.5 Å². The van der Waals surface area contributed by atoms with E-state index in [2.05, 4.69) is 60.6 Å². The summed E-state index contributed by atoms with van der Waals surface area (Å²) in [5.74, 6) is 0.265. The second kappa shape index (κ2) is 13.9. The molecule has 0 unspecified atom stereocenters. The van der Waals surface area contributed by atoms with Gasteiger partial charge in [0.15, 0.2) is 0 Å². The van der Waals surface area contributed by atoms with Gasteiger partial charge in [0.25, 0.3) is 0 Å². The van der Waals surface area contributed by atoms with E-state index in [0.717, 1.165) is 29.5 Å². The van der Waals surface area contributed by atoms with Crippen molar-refractivity contribution in [2.24, 2.45) is 0 Å². The lowest BCUT2D eigenvalue weighted by atomic mass is 9.78. The van der Waals surface area contributed by atoms with Crippen molar-refractivity contribution in [3.8, 4) is 5.75 Å². The average Bonchev–Trinajstić information content (AvgIpc) is 2.69. The Morgan fingerprint density at radius 2 is 1.22 bits per heavy atom. The Morgan fingerprint density at radius 1 is 0.781 bits per heavy atom. The van der Waals surface area contributed by atoms with E-state index < -0.39 is 0 Å². The van der Waals surface area contributed by atoms with Gasteiger partial charge in [0.1, 0.15) is 5.75 Å². The van der Waals surface area contributed by atoms with Crippen LogP contribution in [0.25, 0.3) is 0 Å². The number of unbranched alkanes of at least 4 members (excludes halogenated alkanes) is 9. The van der Waals surface area contributed by atoms with Crippen molar-refractivity contribution in [3.63, 3.8) is 0 Å². The van der Waals surface area contributed by atoms with E-state index in [1.54, 1.807) is 0 Å². The summed E-state index contributed by atoms with van der Waals surface area (Å²) in [7, 11) is 0. The number of rotatable bonds is 14. The van der Waals surface area contributed by atoms with Gasteiger partial charge in [-0.1, -0.05) is 118 Å². The normalized spacial score (nSPS) is 12.2. The molecule has 32 heavy (non-hydrogen) atoms. The highest BCUT2D eigenvalue weighted by molar-refractivity contribution is 5.69. The Hall–Kier alpha value is -1.51. The minimum absolute atomic E-state index is 0.122. The Bertz CT molecular complexity index is 642. The zero-order valence-electron chi connectivity index (χ0n) is 22.1. The summed E-state index contributed by atoms with van der Waals surface area (Å²) >= 11 is 0. The molecule has 0 saturated heterocycles. The monoisotopic (exact) mass is 446 g/mol. The van der Waals surface area contributed by atoms with Gasteiger partial charge in [0, 0.05) is 6.42 Å². The first-order chi connectivity index (χ1) is 15.0. The second-order valence-corrected chi connectivity index (χ2v) is 11.4. The first-order valence-electron chi connectivity index (χ1n) is 13.0. The molecule has 0 aliphatic heterocycles. The Labute approximate surface area is 198 Å². The number of phenolic OH excluding ortho intramolecular Hbond substituents is 1. The highest BCUT2D eigenvalue weighted by Gasteiger charge is 2.26. The van der Waals surface area contributed by atoms with Crippen LogP contribution in [0.3, 0.4) is 0 Å². The van der Waals surface area contributed by atoms with Gasteiger partial charge in [-0.25, -0.2) is 0 Å². The second-order valence-electron chi connectivity index (χ2n) is 11.4. The van der Waals surface area contributed by atoms with Crippen molar-refractivity contribution in [2.45, 2.75) is 136 Å². The van der Waals surface area contributed by atoms with Crippen LogP contribution >= 0.6 is 0 Å².